The SMILES string of the molecule is COCCN(Cc1cnc(S(=O)(=O)Cc2ccccc2)n1CCOC)C(=O)c1ccccc1F. The molecule has 1 aromatic heterocycles. The van der Waals surface area contributed by atoms with Crippen LogP contribution in [0.3, 0.4) is 0 Å². The van der Waals surface area contributed by atoms with E-state index >= 15 is 0 Å². The summed E-state index contributed by atoms with van der Waals surface area (Å²) in [6.45, 7) is 0.905. The molecule has 3 rings (SSSR count). The molecular formula is C24H28FN3O5S. The van der Waals surface area contributed by atoms with Crippen LogP contribution < -0.4 is 0 Å². The summed E-state index contributed by atoms with van der Waals surface area (Å²) in [6.07, 6.45) is 1.43. The van der Waals surface area contributed by atoms with Crippen molar-refractivity contribution >= 4 is 15.7 Å². The number of hydrogen-bond donors (Lipinski definition) is 0. The van der Waals surface area contributed by atoms with Gasteiger partial charge in [0.15, 0.2) is 0 Å². The topological polar surface area (TPSA) is 90.7 Å². The molecule has 0 aliphatic carbocycles. The second-order valence-electron chi connectivity index (χ2n) is 7.62. The molecule has 3 aromatic rings. The second kappa shape index (κ2) is 11.9. The maximum Gasteiger partial charge on any atom is 0.257 e. The number of methoxy groups -OCH3 is 2. The van der Waals surface area contributed by atoms with Crippen molar-refractivity contribution in [3.63, 3.8) is 0 Å². The molecule has 0 atom stereocenters. The van der Waals surface area contributed by atoms with Crippen LogP contribution in [0.15, 0.2) is 66.0 Å². The molecule has 1 heterocycles. The molecular weight excluding hydrogens is 461 g/mol. The number of hydrogen-bond acceptors (Lipinski definition) is 6. The Hall–Kier alpha value is -3.08. The van der Waals surface area contributed by atoms with E-state index in [2.05, 4.69) is 4.98 Å². The summed E-state index contributed by atoms with van der Waals surface area (Å²) in [7, 11) is -0.759. The van der Waals surface area contributed by atoms with Crippen LogP contribution in [0, 0.1) is 5.82 Å². The second-order valence-corrected chi connectivity index (χ2v) is 9.50. The van der Waals surface area contributed by atoms with Gasteiger partial charge in [-0.2, -0.15) is 0 Å². The van der Waals surface area contributed by atoms with Gasteiger partial charge in [-0.15, -0.1) is 0 Å². The third kappa shape index (κ3) is 6.28. The molecule has 0 bridgehead atoms. The minimum Gasteiger partial charge on any atom is -0.383 e. The van der Waals surface area contributed by atoms with Crippen LogP contribution in [0.25, 0.3) is 0 Å². The highest BCUT2D eigenvalue weighted by Crippen LogP contribution is 2.20. The van der Waals surface area contributed by atoms with E-state index < -0.39 is 21.6 Å². The number of carbonyl (C=O) groups excluding carboxylic acids is 1. The summed E-state index contributed by atoms with van der Waals surface area (Å²) in [5.74, 6) is -1.36. The standard InChI is InChI=1S/C24H28FN3O5S/c1-32-14-12-27(23(29)21-10-6-7-11-22(21)25)17-20-16-26-24(28(20)13-15-33-2)34(30,31)18-19-8-4-3-5-9-19/h3-11,16H,12-15,17-18H2,1-2H3. The molecule has 182 valence electrons. The smallest absolute Gasteiger partial charge is 0.257 e. The van der Waals surface area contributed by atoms with Gasteiger partial charge in [-0.25, -0.2) is 17.8 Å². The van der Waals surface area contributed by atoms with Gasteiger partial charge in [0.2, 0.25) is 15.0 Å². The number of rotatable bonds is 12. The quantitative estimate of drug-likeness (QED) is 0.389. The van der Waals surface area contributed by atoms with Crippen molar-refractivity contribution in [1.29, 1.82) is 0 Å². The largest absolute Gasteiger partial charge is 0.383 e. The van der Waals surface area contributed by atoms with Crippen LogP contribution in [0.5, 0.6) is 0 Å². The maximum atomic E-state index is 14.3. The minimum atomic E-state index is -3.78. The van der Waals surface area contributed by atoms with Gasteiger partial charge in [0.25, 0.3) is 5.91 Å². The lowest BCUT2D eigenvalue weighted by atomic mass is 10.2. The molecule has 0 aliphatic heterocycles. The van der Waals surface area contributed by atoms with E-state index in [1.54, 1.807) is 30.3 Å². The van der Waals surface area contributed by atoms with Crippen molar-refractivity contribution in [1.82, 2.24) is 14.5 Å². The Labute approximate surface area is 198 Å². The van der Waals surface area contributed by atoms with E-state index in [1.807, 2.05) is 6.07 Å². The van der Waals surface area contributed by atoms with E-state index in [9.17, 15) is 17.6 Å². The first-order chi connectivity index (χ1) is 16.4. The van der Waals surface area contributed by atoms with Crippen LogP contribution in [0.4, 0.5) is 4.39 Å². The number of nitrogens with zero attached hydrogens (tertiary/aromatic N) is 3. The van der Waals surface area contributed by atoms with Gasteiger partial charge in [-0.05, 0) is 17.7 Å². The van der Waals surface area contributed by atoms with Gasteiger partial charge in [-0.3, -0.25) is 4.79 Å². The van der Waals surface area contributed by atoms with E-state index in [4.69, 9.17) is 9.47 Å². The number of benzene rings is 2. The van der Waals surface area contributed by atoms with Crippen molar-refractivity contribution in [2.45, 2.75) is 24.0 Å². The molecule has 0 N–H and O–H groups in total. The molecule has 0 spiro atoms. The summed E-state index contributed by atoms with van der Waals surface area (Å²) in [4.78, 5) is 18.7. The van der Waals surface area contributed by atoms with Gasteiger partial charge >= 0.3 is 0 Å². The average molecular weight is 490 g/mol. The molecule has 0 aliphatic rings. The summed E-state index contributed by atoms with van der Waals surface area (Å²) in [5, 5.41) is -0.103. The Morgan fingerprint density at radius 3 is 2.38 bits per heavy atom. The number of imidazole rings is 1. The lowest BCUT2D eigenvalue weighted by Gasteiger charge is -2.23. The first kappa shape index (κ1) is 25.5. The van der Waals surface area contributed by atoms with Gasteiger partial charge in [-0.1, -0.05) is 42.5 Å². The molecule has 2 aromatic carbocycles. The molecule has 8 nitrogen and oxygen atoms in total. The van der Waals surface area contributed by atoms with Crippen LogP contribution in [-0.4, -0.2) is 62.8 Å². The summed E-state index contributed by atoms with van der Waals surface area (Å²) < 4.78 is 52.5. The van der Waals surface area contributed by atoms with Crippen LogP contribution >= 0.6 is 0 Å². The molecule has 0 radical (unpaired) electrons. The first-order valence-electron chi connectivity index (χ1n) is 10.7. The van der Waals surface area contributed by atoms with Crippen molar-refractivity contribution in [3.8, 4) is 0 Å². The van der Waals surface area contributed by atoms with Crippen LogP contribution in [0.1, 0.15) is 21.6 Å². The predicted octanol–water partition coefficient (Wildman–Crippen LogP) is 2.93. The minimum absolute atomic E-state index is 0.0219. The van der Waals surface area contributed by atoms with Crippen molar-refractivity contribution in [2.24, 2.45) is 0 Å². The zero-order valence-electron chi connectivity index (χ0n) is 19.2. The molecule has 0 unspecified atom stereocenters. The molecule has 34 heavy (non-hydrogen) atoms. The Morgan fingerprint density at radius 1 is 1.03 bits per heavy atom. The van der Waals surface area contributed by atoms with E-state index in [-0.39, 0.29) is 49.3 Å². The van der Waals surface area contributed by atoms with Crippen LogP contribution in [0.2, 0.25) is 0 Å². The van der Waals surface area contributed by atoms with Crippen molar-refractivity contribution in [3.05, 3.63) is 83.4 Å². The van der Waals surface area contributed by atoms with Crippen molar-refractivity contribution < 1.29 is 27.1 Å². The fourth-order valence-electron chi connectivity index (χ4n) is 3.50. The highest BCUT2D eigenvalue weighted by molar-refractivity contribution is 7.90. The lowest BCUT2D eigenvalue weighted by Crippen LogP contribution is -2.35. The average Bonchev–Trinajstić information content (AvgIpc) is 3.24. The maximum absolute atomic E-state index is 14.3. The van der Waals surface area contributed by atoms with E-state index in [0.29, 0.717) is 11.3 Å². The number of halogens is 1. The van der Waals surface area contributed by atoms with Crippen LogP contribution in [-0.2, 0) is 38.2 Å². The van der Waals surface area contributed by atoms with E-state index in [1.165, 1.54) is 48.1 Å². The number of aromatic nitrogens is 2. The highest BCUT2D eigenvalue weighted by atomic mass is 32.2. The van der Waals surface area contributed by atoms with Gasteiger partial charge in [0.05, 0.1) is 43.0 Å². The fourth-order valence-corrected chi connectivity index (χ4v) is 5.02. The Morgan fingerprint density at radius 2 is 1.71 bits per heavy atom. The van der Waals surface area contributed by atoms with Gasteiger partial charge in [0.1, 0.15) is 5.82 Å². The Bertz CT molecular complexity index is 1200. The molecule has 0 fully saturated rings. The summed E-state index contributed by atoms with van der Waals surface area (Å²) in [6, 6.07) is 14.6. The monoisotopic (exact) mass is 489 g/mol. The number of carbonyl (C=O) groups is 1. The van der Waals surface area contributed by atoms with Gasteiger partial charge < -0.3 is 18.9 Å². The Kier molecular flexibility index (Phi) is 8.91. The Balaban J connectivity index is 1.94. The number of amides is 1. The third-order valence-corrected chi connectivity index (χ3v) is 6.80. The zero-order valence-corrected chi connectivity index (χ0v) is 20.0. The lowest BCUT2D eigenvalue weighted by molar-refractivity contribution is 0.0669. The fraction of sp³-hybridized carbons (Fsp3) is 0.333. The first-order valence-corrected chi connectivity index (χ1v) is 12.4. The molecule has 0 saturated carbocycles. The third-order valence-electron chi connectivity index (χ3n) is 5.21. The van der Waals surface area contributed by atoms with Crippen molar-refractivity contribution in [2.75, 3.05) is 34.0 Å². The summed E-state index contributed by atoms with van der Waals surface area (Å²) in [5.41, 5.74) is 1.06. The highest BCUT2D eigenvalue weighted by Gasteiger charge is 2.26. The number of sulfone groups is 1. The molecule has 0 saturated heterocycles. The molecule has 1 amide bonds. The van der Waals surface area contributed by atoms with Gasteiger partial charge in [0, 0.05) is 27.3 Å². The zero-order chi connectivity index (χ0) is 24.6. The molecule has 10 heteroatoms. The summed E-state index contributed by atoms with van der Waals surface area (Å²) >= 11 is 0. The predicted molar refractivity (Wildman–Crippen MR) is 124 cm³/mol. The van der Waals surface area contributed by atoms with E-state index in [0.717, 1.165) is 0 Å². The normalized spacial score (nSPS) is 11.5. The number of ether oxygens (including phenoxy) is 2.